The van der Waals surface area contributed by atoms with Gasteiger partial charge in [0.1, 0.15) is 0 Å². The number of aryl methyl sites for hydroxylation is 2. The van der Waals surface area contributed by atoms with E-state index < -0.39 is 11.7 Å². The fourth-order valence-electron chi connectivity index (χ4n) is 2.44. The Kier molecular flexibility index (Phi) is 4.81. The number of anilines is 1. The molecule has 0 saturated heterocycles. The lowest BCUT2D eigenvalue weighted by Gasteiger charge is -2.05. The molecule has 6 heteroatoms. The van der Waals surface area contributed by atoms with E-state index in [9.17, 15) is 9.18 Å². The summed E-state index contributed by atoms with van der Waals surface area (Å²) in [7, 11) is 1.38. The van der Waals surface area contributed by atoms with Gasteiger partial charge < -0.3 is 4.74 Å². The van der Waals surface area contributed by atoms with Crippen molar-refractivity contribution in [3.05, 3.63) is 64.3 Å². The molecule has 0 aliphatic heterocycles. The van der Waals surface area contributed by atoms with Crippen molar-refractivity contribution in [3.63, 3.8) is 0 Å². The molecule has 1 heterocycles. The van der Waals surface area contributed by atoms with E-state index in [4.69, 9.17) is 4.74 Å². The van der Waals surface area contributed by atoms with Crippen LogP contribution < -0.4 is 10.1 Å². The first-order chi connectivity index (χ1) is 12.0. The quantitative estimate of drug-likeness (QED) is 0.729. The predicted octanol–water partition coefficient (Wildman–Crippen LogP) is 4.83. The number of halogens is 1. The molecule has 25 heavy (non-hydrogen) atoms. The Labute approximate surface area is 149 Å². The van der Waals surface area contributed by atoms with E-state index in [1.165, 1.54) is 30.6 Å². The molecule has 128 valence electrons. The number of amides is 1. The zero-order chi connectivity index (χ0) is 18.0. The van der Waals surface area contributed by atoms with Crippen molar-refractivity contribution < 1.29 is 13.9 Å². The third-order valence-electron chi connectivity index (χ3n) is 3.81. The molecule has 4 nitrogen and oxygen atoms in total. The lowest BCUT2D eigenvalue weighted by molar-refractivity contribution is 0.102. The van der Waals surface area contributed by atoms with Crippen molar-refractivity contribution in [3.8, 4) is 17.0 Å². The number of aromatic nitrogens is 1. The molecule has 0 aliphatic rings. The maximum atomic E-state index is 13.7. The van der Waals surface area contributed by atoms with Crippen LogP contribution in [0.4, 0.5) is 9.52 Å². The summed E-state index contributed by atoms with van der Waals surface area (Å²) >= 11 is 1.33. The third-order valence-corrected chi connectivity index (χ3v) is 4.57. The van der Waals surface area contributed by atoms with Gasteiger partial charge in [-0.1, -0.05) is 17.7 Å². The molecule has 0 aliphatic carbocycles. The van der Waals surface area contributed by atoms with Crippen LogP contribution in [0.3, 0.4) is 0 Å². The van der Waals surface area contributed by atoms with Gasteiger partial charge in [0.15, 0.2) is 16.7 Å². The maximum Gasteiger partial charge on any atom is 0.257 e. The standard InChI is InChI=1S/C19H17FN2O2S/c1-11-4-5-12(2)14(8-11)16-10-25-19(21-16)22-18(23)13-6-7-17(24-3)15(20)9-13/h4-10H,1-3H3,(H,21,22,23). The first-order valence-corrected chi connectivity index (χ1v) is 8.54. The molecule has 3 aromatic rings. The van der Waals surface area contributed by atoms with Crippen LogP contribution in [0.15, 0.2) is 41.8 Å². The minimum Gasteiger partial charge on any atom is -0.494 e. The number of carbonyl (C=O) groups is 1. The number of hydrogen-bond acceptors (Lipinski definition) is 4. The Bertz CT molecular complexity index is 937. The number of carbonyl (C=O) groups excluding carboxylic acids is 1. The van der Waals surface area contributed by atoms with E-state index in [0.717, 1.165) is 28.5 Å². The van der Waals surface area contributed by atoms with Crippen LogP contribution in [-0.2, 0) is 0 Å². The van der Waals surface area contributed by atoms with Gasteiger partial charge in [0.2, 0.25) is 0 Å². The number of nitrogens with one attached hydrogen (secondary N) is 1. The molecular weight excluding hydrogens is 339 g/mol. The Balaban J connectivity index is 1.80. The molecule has 0 atom stereocenters. The smallest absolute Gasteiger partial charge is 0.257 e. The summed E-state index contributed by atoms with van der Waals surface area (Å²) in [5, 5.41) is 5.07. The Hall–Kier alpha value is -2.73. The number of methoxy groups -OCH3 is 1. The highest BCUT2D eigenvalue weighted by atomic mass is 32.1. The highest BCUT2D eigenvalue weighted by Crippen LogP contribution is 2.28. The number of rotatable bonds is 4. The van der Waals surface area contributed by atoms with Gasteiger partial charge in [-0.15, -0.1) is 11.3 Å². The molecule has 0 saturated carbocycles. The van der Waals surface area contributed by atoms with Crippen LogP contribution >= 0.6 is 11.3 Å². The molecule has 0 spiro atoms. The molecule has 2 aromatic carbocycles. The first kappa shape index (κ1) is 17.1. The second-order valence-corrected chi connectivity index (χ2v) is 6.52. The SMILES string of the molecule is COc1ccc(C(=O)Nc2nc(-c3cc(C)ccc3C)cs2)cc1F. The van der Waals surface area contributed by atoms with Crippen LogP contribution in [0.5, 0.6) is 5.75 Å². The number of ether oxygens (including phenoxy) is 1. The Morgan fingerprint density at radius 3 is 2.72 bits per heavy atom. The number of nitrogens with zero attached hydrogens (tertiary/aromatic N) is 1. The molecule has 0 fully saturated rings. The summed E-state index contributed by atoms with van der Waals surface area (Å²) in [6.07, 6.45) is 0. The summed E-state index contributed by atoms with van der Waals surface area (Å²) in [5.41, 5.74) is 4.32. The maximum absolute atomic E-state index is 13.7. The molecule has 3 rings (SSSR count). The number of benzene rings is 2. The van der Waals surface area contributed by atoms with Crippen molar-refractivity contribution in [1.82, 2.24) is 4.98 Å². The van der Waals surface area contributed by atoms with Crippen molar-refractivity contribution >= 4 is 22.4 Å². The minimum absolute atomic E-state index is 0.100. The summed E-state index contributed by atoms with van der Waals surface area (Å²) in [6.45, 7) is 4.04. The van der Waals surface area contributed by atoms with Gasteiger partial charge in [0, 0.05) is 16.5 Å². The van der Waals surface area contributed by atoms with E-state index in [-0.39, 0.29) is 11.3 Å². The minimum atomic E-state index is -0.578. The average molecular weight is 356 g/mol. The lowest BCUT2D eigenvalue weighted by atomic mass is 10.0. The highest BCUT2D eigenvalue weighted by molar-refractivity contribution is 7.14. The van der Waals surface area contributed by atoms with E-state index in [1.54, 1.807) is 0 Å². The highest BCUT2D eigenvalue weighted by Gasteiger charge is 2.13. The van der Waals surface area contributed by atoms with E-state index in [2.05, 4.69) is 16.4 Å². The molecule has 1 amide bonds. The lowest BCUT2D eigenvalue weighted by Crippen LogP contribution is -2.12. The third kappa shape index (κ3) is 3.69. The molecule has 0 radical (unpaired) electrons. The van der Waals surface area contributed by atoms with Crippen LogP contribution in [0.25, 0.3) is 11.3 Å². The summed E-state index contributed by atoms with van der Waals surface area (Å²) in [5.74, 6) is -0.892. The molecule has 1 N–H and O–H groups in total. The second-order valence-electron chi connectivity index (χ2n) is 5.66. The van der Waals surface area contributed by atoms with Crippen molar-refractivity contribution in [1.29, 1.82) is 0 Å². The predicted molar refractivity (Wildman–Crippen MR) is 97.9 cm³/mol. The van der Waals surface area contributed by atoms with Crippen molar-refractivity contribution in [2.75, 3.05) is 12.4 Å². The van der Waals surface area contributed by atoms with Gasteiger partial charge in [-0.3, -0.25) is 10.1 Å². The topological polar surface area (TPSA) is 51.2 Å². The fraction of sp³-hybridized carbons (Fsp3) is 0.158. The van der Waals surface area contributed by atoms with Gasteiger partial charge in [-0.2, -0.15) is 0 Å². The summed E-state index contributed by atoms with van der Waals surface area (Å²) in [4.78, 5) is 16.8. The second kappa shape index (κ2) is 7.03. The average Bonchev–Trinajstić information content (AvgIpc) is 3.05. The van der Waals surface area contributed by atoms with Crippen LogP contribution in [0, 0.1) is 19.7 Å². The van der Waals surface area contributed by atoms with E-state index in [0.29, 0.717) is 5.13 Å². The summed E-state index contributed by atoms with van der Waals surface area (Å²) in [6, 6.07) is 10.2. The van der Waals surface area contributed by atoms with Gasteiger partial charge >= 0.3 is 0 Å². The Morgan fingerprint density at radius 1 is 1.20 bits per heavy atom. The monoisotopic (exact) mass is 356 g/mol. The molecule has 0 bridgehead atoms. The van der Waals surface area contributed by atoms with Crippen molar-refractivity contribution in [2.24, 2.45) is 0 Å². The summed E-state index contributed by atoms with van der Waals surface area (Å²) < 4.78 is 18.6. The zero-order valence-corrected chi connectivity index (χ0v) is 14.9. The largest absolute Gasteiger partial charge is 0.494 e. The fourth-order valence-corrected chi connectivity index (χ4v) is 3.15. The molecule has 0 unspecified atom stereocenters. The van der Waals surface area contributed by atoms with Crippen LogP contribution in [-0.4, -0.2) is 18.0 Å². The van der Waals surface area contributed by atoms with Crippen LogP contribution in [0.2, 0.25) is 0 Å². The van der Waals surface area contributed by atoms with Crippen molar-refractivity contribution in [2.45, 2.75) is 13.8 Å². The Morgan fingerprint density at radius 2 is 2.00 bits per heavy atom. The van der Waals surface area contributed by atoms with Gasteiger partial charge in [0.25, 0.3) is 5.91 Å². The molecular formula is C19H17FN2O2S. The van der Waals surface area contributed by atoms with E-state index >= 15 is 0 Å². The van der Waals surface area contributed by atoms with Gasteiger partial charge in [-0.25, -0.2) is 9.37 Å². The first-order valence-electron chi connectivity index (χ1n) is 7.66. The molecule has 1 aromatic heterocycles. The van der Waals surface area contributed by atoms with E-state index in [1.807, 2.05) is 31.4 Å². The van der Waals surface area contributed by atoms with Crippen LogP contribution in [0.1, 0.15) is 21.5 Å². The van der Waals surface area contributed by atoms with Gasteiger partial charge in [0.05, 0.1) is 12.8 Å². The van der Waals surface area contributed by atoms with Gasteiger partial charge in [-0.05, 0) is 43.7 Å². The normalized spacial score (nSPS) is 10.6. The zero-order valence-electron chi connectivity index (χ0n) is 14.1. The number of hydrogen-bond donors (Lipinski definition) is 1. The number of thiazole rings is 1.